The molecule has 0 aliphatic heterocycles. The number of aromatic nitrogens is 1. The van der Waals surface area contributed by atoms with Crippen molar-refractivity contribution < 1.29 is 0 Å². The molecule has 0 saturated heterocycles. The number of nitrogens with one attached hydrogen (secondary N) is 1. The van der Waals surface area contributed by atoms with Gasteiger partial charge in [-0.1, -0.05) is 36.7 Å². The Kier molecular flexibility index (Phi) is 5.88. The first kappa shape index (κ1) is 15.6. The van der Waals surface area contributed by atoms with Gasteiger partial charge in [0.2, 0.25) is 0 Å². The van der Waals surface area contributed by atoms with E-state index in [4.69, 9.17) is 11.6 Å². The molecule has 0 atom stereocenters. The lowest BCUT2D eigenvalue weighted by Crippen LogP contribution is -2.23. The Balaban J connectivity index is 2.16. The normalized spacial score (nSPS) is 10.4. The average molecular weight is 304 g/mol. The number of pyridine rings is 1. The van der Waals surface area contributed by atoms with Crippen molar-refractivity contribution >= 4 is 23.1 Å². The number of benzene rings is 1. The molecule has 1 N–H and O–H groups in total. The Morgan fingerprint density at radius 3 is 2.52 bits per heavy atom. The highest BCUT2D eigenvalue weighted by Gasteiger charge is 2.10. The van der Waals surface area contributed by atoms with Crippen LogP contribution in [0.1, 0.15) is 26.0 Å². The number of nitrogens with zero attached hydrogens (tertiary/aromatic N) is 2. The summed E-state index contributed by atoms with van der Waals surface area (Å²) >= 11 is 6.30. The van der Waals surface area contributed by atoms with Gasteiger partial charge in [-0.2, -0.15) is 0 Å². The van der Waals surface area contributed by atoms with E-state index in [2.05, 4.69) is 41.2 Å². The zero-order chi connectivity index (χ0) is 15.1. The lowest BCUT2D eigenvalue weighted by atomic mass is 10.2. The maximum Gasteiger partial charge on any atom is 0.126 e. The molecule has 112 valence electrons. The number of para-hydroxylation sites is 1. The first-order chi connectivity index (χ1) is 10.2. The minimum absolute atomic E-state index is 0.709. The summed E-state index contributed by atoms with van der Waals surface area (Å²) in [5.41, 5.74) is 2.09. The van der Waals surface area contributed by atoms with E-state index in [9.17, 15) is 0 Å². The summed E-state index contributed by atoms with van der Waals surface area (Å²) in [6.07, 6.45) is 1.07. The maximum absolute atomic E-state index is 6.30. The highest BCUT2D eigenvalue weighted by atomic mass is 35.5. The molecule has 0 aliphatic carbocycles. The van der Waals surface area contributed by atoms with Gasteiger partial charge in [-0.25, -0.2) is 4.98 Å². The topological polar surface area (TPSA) is 28.2 Å². The summed E-state index contributed by atoms with van der Waals surface area (Å²) in [4.78, 5) is 6.90. The van der Waals surface area contributed by atoms with Crippen LogP contribution >= 0.6 is 11.6 Å². The molecule has 0 aliphatic rings. The quantitative estimate of drug-likeness (QED) is 0.811. The van der Waals surface area contributed by atoms with Gasteiger partial charge in [0, 0.05) is 18.8 Å². The molecule has 1 heterocycles. The number of anilines is 2. The van der Waals surface area contributed by atoms with Crippen LogP contribution in [0.5, 0.6) is 0 Å². The van der Waals surface area contributed by atoms with Crippen molar-refractivity contribution in [1.82, 2.24) is 4.98 Å². The zero-order valence-corrected chi connectivity index (χ0v) is 13.4. The molecule has 2 rings (SSSR count). The van der Waals surface area contributed by atoms with Crippen LogP contribution in [0.2, 0.25) is 5.02 Å². The van der Waals surface area contributed by atoms with Gasteiger partial charge in [-0.3, -0.25) is 0 Å². The molecule has 3 nitrogen and oxygen atoms in total. The second kappa shape index (κ2) is 7.89. The standard InChI is InChI=1S/C17H22ClN3/c1-3-12-19-17-11-10-15(18)16(20-17)13-21(4-2)14-8-6-5-7-9-14/h5-11H,3-4,12-13H2,1-2H3,(H,19,20). The minimum Gasteiger partial charge on any atom is -0.370 e. The molecule has 21 heavy (non-hydrogen) atoms. The minimum atomic E-state index is 0.709. The van der Waals surface area contributed by atoms with E-state index in [0.717, 1.165) is 31.0 Å². The van der Waals surface area contributed by atoms with Crippen LogP contribution in [-0.4, -0.2) is 18.1 Å². The van der Waals surface area contributed by atoms with Gasteiger partial charge in [-0.15, -0.1) is 0 Å². The monoisotopic (exact) mass is 303 g/mol. The van der Waals surface area contributed by atoms with Crippen molar-refractivity contribution in [2.45, 2.75) is 26.8 Å². The van der Waals surface area contributed by atoms with Crippen molar-refractivity contribution in [3.8, 4) is 0 Å². The molecule has 0 spiro atoms. The summed E-state index contributed by atoms with van der Waals surface area (Å²) in [7, 11) is 0. The van der Waals surface area contributed by atoms with Crippen molar-refractivity contribution in [1.29, 1.82) is 0 Å². The van der Waals surface area contributed by atoms with Gasteiger partial charge >= 0.3 is 0 Å². The lowest BCUT2D eigenvalue weighted by molar-refractivity contribution is 0.809. The smallest absolute Gasteiger partial charge is 0.126 e. The number of halogens is 1. The SMILES string of the molecule is CCCNc1ccc(Cl)c(CN(CC)c2ccccc2)n1. The fourth-order valence-corrected chi connectivity index (χ4v) is 2.32. The summed E-state index contributed by atoms with van der Waals surface area (Å²) in [5, 5.41) is 4.02. The van der Waals surface area contributed by atoms with E-state index < -0.39 is 0 Å². The Morgan fingerprint density at radius 1 is 1.10 bits per heavy atom. The largest absolute Gasteiger partial charge is 0.370 e. The van der Waals surface area contributed by atoms with Crippen molar-refractivity contribution in [3.63, 3.8) is 0 Å². The number of hydrogen-bond acceptors (Lipinski definition) is 3. The fraction of sp³-hybridized carbons (Fsp3) is 0.353. The Labute approximate surface area is 132 Å². The number of hydrogen-bond donors (Lipinski definition) is 1. The van der Waals surface area contributed by atoms with Gasteiger partial charge in [0.1, 0.15) is 5.82 Å². The van der Waals surface area contributed by atoms with Gasteiger partial charge in [0.15, 0.2) is 0 Å². The maximum atomic E-state index is 6.30. The molecule has 0 radical (unpaired) electrons. The molecular weight excluding hydrogens is 282 g/mol. The summed E-state index contributed by atoms with van der Waals surface area (Å²) in [5.74, 6) is 0.889. The van der Waals surface area contributed by atoms with Crippen LogP contribution in [0, 0.1) is 0 Å². The first-order valence-electron chi connectivity index (χ1n) is 7.43. The van der Waals surface area contributed by atoms with Gasteiger partial charge in [0.05, 0.1) is 17.3 Å². The molecule has 2 aromatic rings. The van der Waals surface area contributed by atoms with Crippen molar-refractivity contribution in [2.75, 3.05) is 23.3 Å². The average Bonchev–Trinajstić information content (AvgIpc) is 2.53. The van der Waals surface area contributed by atoms with E-state index in [1.165, 1.54) is 5.69 Å². The second-order valence-electron chi connectivity index (χ2n) is 4.90. The van der Waals surface area contributed by atoms with Crippen LogP contribution in [0.4, 0.5) is 11.5 Å². The van der Waals surface area contributed by atoms with Crippen molar-refractivity contribution in [3.05, 3.63) is 53.2 Å². The Bertz CT molecular complexity index is 557. The summed E-state index contributed by atoms with van der Waals surface area (Å²) in [6, 6.07) is 14.2. The van der Waals surface area contributed by atoms with Crippen LogP contribution in [0.3, 0.4) is 0 Å². The first-order valence-corrected chi connectivity index (χ1v) is 7.81. The van der Waals surface area contributed by atoms with E-state index in [1.807, 2.05) is 30.3 Å². The predicted octanol–water partition coefficient (Wildman–Crippen LogP) is 4.58. The van der Waals surface area contributed by atoms with Crippen LogP contribution in [-0.2, 0) is 6.54 Å². The lowest BCUT2D eigenvalue weighted by Gasteiger charge is -2.23. The van der Waals surface area contributed by atoms with Crippen LogP contribution in [0.25, 0.3) is 0 Å². The third-order valence-electron chi connectivity index (χ3n) is 3.32. The van der Waals surface area contributed by atoms with Gasteiger partial charge in [0.25, 0.3) is 0 Å². The molecule has 0 unspecified atom stereocenters. The molecule has 0 saturated carbocycles. The Morgan fingerprint density at radius 2 is 1.86 bits per heavy atom. The van der Waals surface area contributed by atoms with E-state index in [1.54, 1.807) is 0 Å². The molecule has 0 bridgehead atoms. The van der Waals surface area contributed by atoms with E-state index in [0.29, 0.717) is 11.6 Å². The third kappa shape index (κ3) is 4.36. The second-order valence-corrected chi connectivity index (χ2v) is 5.31. The van der Waals surface area contributed by atoms with Gasteiger partial charge in [-0.05, 0) is 37.6 Å². The molecule has 4 heteroatoms. The van der Waals surface area contributed by atoms with Crippen LogP contribution in [0.15, 0.2) is 42.5 Å². The van der Waals surface area contributed by atoms with Crippen molar-refractivity contribution in [2.24, 2.45) is 0 Å². The molecule has 0 amide bonds. The van der Waals surface area contributed by atoms with E-state index >= 15 is 0 Å². The predicted molar refractivity (Wildman–Crippen MR) is 91.2 cm³/mol. The summed E-state index contributed by atoms with van der Waals surface area (Å²) < 4.78 is 0. The summed E-state index contributed by atoms with van der Waals surface area (Å²) in [6.45, 7) is 6.82. The molecule has 1 aromatic heterocycles. The number of rotatable bonds is 7. The molecule has 0 fully saturated rings. The Hall–Kier alpha value is -1.74. The van der Waals surface area contributed by atoms with E-state index in [-0.39, 0.29) is 0 Å². The third-order valence-corrected chi connectivity index (χ3v) is 3.66. The molecular formula is C17H22ClN3. The van der Waals surface area contributed by atoms with Crippen LogP contribution < -0.4 is 10.2 Å². The highest BCUT2D eigenvalue weighted by molar-refractivity contribution is 6.31. The highest BCUT2D eigenvalue weighted by Crippen LogP contribution is 2.21. The fourth-order valence-electron chi connectivity index (χ4n) is 2.15. The van der Waals surface area contributed by atoms with Gasteiger partial charge < -0.3 is 10.2 Å². The zero-order valence-electron chi connectivity index (χ0n) is 12.6. The molecule has 1 aromatic carbocycles.